The number of amides is 1. The van der Waals surface area contributed by atoms with E-state index in [2.05, 4.69) is 26.1 Å². The molecule has 0 fully saturated rings. The number of nitrogens with zero attached hydrogens (tertiary/aromatic N) is 1. The second-order valence-electron chi connectivity index (χ2n) is 17.7. The molecular weight excluding hydrogens is 652 g/mol. The van der Waals surface area contributed by atoms with Crippen molar-refractivity contribution < 1.29 is 52.0 Å². The molecule has 3 atom stereocenters. The van der Waals surface area contributed by atoms with Crippen LogP contribution in [0.5, 0.6) is 0 Å². The van der Waals surface area contributed by atoms with E-state index in [1.807, 2.05) is 13.1 Å². The maximum Gasteiger partial charge on any atom is 0.410 e. The maximum atomic E-state index is 13.8. The molecule has 14 heteroatoms. The molecule has 0 saturated heterocycles. The van der Waals surface area contributed by atoms with Crippen LogP contribution in [0.3, 0.4) is 0 Å². The highest BCUT2D eigenvalue weighted by molar-refractivity contribution is 6.74. The third-order valence-corrected chi connectivity index (χ3v) is 11.4. The van der Waals surface area contributed by atoms with Crippen LogP contribution in [0.25, 0.3) is 0 Å². The first-order chi connectivity index (χ1) is 21.8. The van der Waals surface area contributed by atoms with Crippen LogP contribution in [0.2, 0.25) is 18.1 Å². The van der Waals surface area contributed by atoms with Crippen LogP contribution in [-0.2, 0) is 47.2 Å². The zero-order chi connectivity index (χ0) is 38.8. The summed E-state index contributed by atoms with van der Waals surface area (Å²) in [5, 5.41) is 3.00. The van der Waals surface area contributed by atoms with Crippen LogP contribution < -0.4 is 5.32 Å². The van der Waals surface area contributed by atoms with Gasteiger partial charge in [0.1, 0.15) is 54.0 Å². The summed E-state index contributed by atoms with van der Waals surface area (Å²) >= 11 is 0. The molecule has 0 bridgehead atoms. The molecule has 0 aliphatic heterocycles. The van der Waals surface area contributed by atoms with E-state index in [0.717, 1.165) is 4.90 Å². The summed E-state index contributed by atoms with van der Waals surface area (Å²) in [7, 11) is -1.01. The van der Waals surface area contributed by atoms with E-state index in [1.54, 1.807) is 83.1 Å². The first kappa shape index (κ1) is 46.7. The first-order valence-electron chi connectivity index (χ1n) is 16.9. The fourth-order valence-corrected chi connectivity index (χ4v) is 5.19. The largest absolute Gasteiger partial charge is 0.459 e. The van der Waals surface area contributed by atoms with E-state index in [4.69, 9.17) is 32.8 Å². The summed E-state index contributed by atoms with van der Waals surface area (Å²) in [4.78, 5) is 54.6. The van der Waals surface area contributed by atoms with Crippen LogP contribution in [-0.4, -0.2) is 111 Å². The Morgan fingerprint density at radius 1 is 0.694 bits per heavy atom. The number of rotatable bonds is 16. The van der Waals surface area contributed by atoms with Gasteiger partial charge >= 0.3 is 24.0 Å². The smallest absolute Gasteiger partial charge is 0.410 e. The molecule has 288 valence electrons. The lowest BCUT2D eigenvalue weighted by Gasteiger charge is -2.39. The zero-order valence-corrected chi connectivity index (χ0v) is 34.7. The Morgan fingerprint density at radius 2 is 1.16 bits per heavy atom. The molecule has 0 saturated carbocycles. The van der Waals surface area contributed by atoms with Gasteiger partial charge in [0.05, 0.1) is 6.54 Å². The Morgan fingerprint density at radius 3 is 1.59 bits per heavy atom. The van der Waals surface area contributed by atoms with E-state index in [9.17, 15) is 19.2 Å². The highest BCUT2D eigenvalue weighted by atomic mass is 28.4. The van der Waals surface area contributed by atoms with E-state index < -0.39 is 79.5 Å². The summed E-state index contributed by atoms with van der Waals surface area (Å²) in [5.41, 5.74) is -3.29. The Labute approximate surface area is 296 Å². The number of carbonyl (C=O) groups excluding carboxylic acids is 4. The van der Waals surface area contributed by atoms with Gasteiger partial charge in [0, 0.05) is 7.11 Å². The first-order valence-corrected chi connectivity index (χ1v) is 19.8. The minimum absolute atomic E-state index is 0.105. The van der Waals surface area contributed by atoms with Gasteiger partial charge in [0.25, 0.3) is 0 Å². The molecule has 49 heavy (non-hydrogen) atoms. The predicted molar refractivity (Wildman–Crippen MR) is 191 cm³/mol. The fraction of sp³-hybridized carbons (Fsp3) is 0.886. The van der Waals surface area contributed by atoms with Crippen molar-refractivity contribution in [2.24, 2.45) is 0 Å². The highest BCUT2D eigenvalue weighted by Crippen LogP contribution is 2.38. The summed E-state index contributed by atoms with van der Waals surface area (Å²) in [6, 6.07) is -1.18. The Kier molecular flexibility index (Phi) is 17.4. The topological polar surface area (TPSA) is 148 Å². The van der Waals surface area contributed by atoms with E-state index in [-0.39, 0.29) is 31.3 Å². The molecule has 0 unspecified atom stereocenters. The molecule has 13 nitrogen and oxygen atoms in total. The molecule has 1 N–H and O–H groups in total. The molecule has 0 aromatic heterocycles. The zero-order valence-electron chi connectivity index (χ0n) is 33.7. The molecule has 0 aromatic carbocycles. The van der Waals surface area contributed by atoms with Crippen LogP contribution in [0.1, 0.15) is 110 Å². The van der Waals surface area contributed by atoms with Crippen LogP contribution in [0.4, 0.5) is 4.79 Å². The molecule has 0 aliphatic rings. The monoisotopic (exact) mass is 720 g/mol. The predicted octanol–water partition coefficient (Wildman–Crippen LogP) is 5.98. The molecule has 0 radical (unpaired) electrons. The number of hydrogen-bond acceptors (Lipinski definition) is 12. The van der Waals surface area contributed by atoms with Crippen LogP contribution in [0, 0.1) is 0 Å². The standard InChI is InChI=1S/C35H68N2O11Si/c1-31(2,3)44-26(38)22-37(30(41)47-34(10,11)12)21-25(43-23-42-16)27(29(40)46-33(7,8)9)36-20-19-24(28(39)45-32(4,5)6)48-49(17,18)35(13,14)15/h24-25,27,36H,19-23H2,1-18H3/t24-,25-,27-/m0/s1. The van der Waals surface area contributed by atoms with Crippen molar-refractivity contribution >= 4 is 32.3 Å². The summed E-state index contributed by atoms with van der Waals surface area (Å²) in [5.74, 6) is -1.85. The van der Waals surface area contributed by atoms with Gasteiger partial charge in [-0.2, -0.15) is 0 Å². The van der Waals surface area contributed by atoms with Crippen molar-refractivity contribution in [1.82, 2.24) is 10.2 Å². The number of hydrogen-bond donors (Lipinski definition) is 1. The quantitative estimate of drug-likeness (QED) is 0.0866. The Hall–Kier alpha value is -2.26. The number of methoxy groups -OCH3 is 1. The van der Waals surface area contributed by atoms with Gasteiger partial charge in [-0.1, -0.05) is 20.8 Å². The van der Waals surface area contributed by atoms with Gasteiger partial charge in [0.15, 0.2) is 8.32 Å². The minimum atomic E-state index is -2.43. The molecule has 0 spiro atoms. The van der Waals surface area contributed by atoms with Gasteiger partial charge in [0.2, 0.25) is 0 Å². The van der Waals surface area contributed by atoms with E-state index in [1.165, 1.54) is 7.11 Å². The highest BCUT2D eigenvalue weighted by Gasteiger charge is 2.42. The number of carbonyl (C=O) groups is 4. The maximum absolute atomic E-state index is 13.8. The average molecular weight is 721 g/mol. The van der Waals surface area contributed by atoms with Crippen molar-refractivity contribution in [2.45, 2.75) is 169 Å². The third kappa shape index (κ3) is 20.2. The molecular formula is C35H68N2O11Si. The summed E-state index contributed by atoms with van der Waals surface area (Å²) in [6.07, 6.45) is -2.66. The molecule has 0 heterocycles. The van der Waals surface area contributed by atoms with Crippen molar-refractivity contribution in [1.29, 1.82) is 0 Å². The van der Waals surface area contributed by atoms with Crippen LogP contribution >= 0.6 is 0 Å². The Bertz CT molecular complexity index is 1080. The van der Waals surface area contributed by atoms with Crippen molar-refractivity contribution in [3.63, 3.8) is 0 Å². The van der Waals surface area contributed by atoms with Gasteiger partial charge < -0.3 is 38.2 Å². The van der Waals surface area contributed by atoms with Crippen LogP contribution in [0.15, 0.2) is 0 Å². The SMILES string of the molecule is COCO[C@@H](CN(CC(=O)OC(C)(C)C)C(=O)OC(C)(C)C)[C@H](NCC[C@H](O[Si](C)(C)C(C)(C)C)C(=O)OC(C)(C)C)C(=O)OC(C)(C)C. The third-order valence-electron chi connectivity index (χ3n) is 6.91. The van der Waals surface area contributed by atoms with Crippen molar-refractivity contribution in [2.75, 3.05) is 33.5 Å². The minimum Gasteiger partial charge on any atom is -0.459 e. The van der Waals surface area contributed by atoms with E-state index >= 15 is 0 Å². The summed E-state index contributed by atoms with van der Waals surface area (Å²) < 4.78 is 40.2. The Balaban J connectivity index is 6.67. The van der Waals surface area contributed by atoms with Crippen molar-refractivity contribution in [3.8, 4) is 0 Å². The average Bonchev–Trinajstić information content (AvgIpc) is 2.82. The van der Waals surface area contributed by atoms with Gasteiger partial charge in [-0.15, -0.1) is 0 Å². The lowest BCUT2D eigenvalue weighted by Crippen LogP contribution is -2.56. The lowest BCUT2D eigenvalue weighted by atomic mass is 10.1. The van der Waals surface area contributed by atoms with Gasteiger partial charge in [-0.25, -0.2) is 9.59 Å². The molecule has 0 aromatic rings. The number of esters is 3. The van der Waals surface area contributed by atoms with E-state index in [0.29, 0.717) is 0 Å². The fourth-order valence-electron chi connectivity index (χ4n) is 3.91. The van der Waals surface area contributed by atoms with Crippen molar-refractivity contribution in [3.05, 3.63) is 0 Å². The second-order valence-corrected chi connectivity index (χ2v) is 22.5. The molecule has 0 rings (SSSR count). The lowest BCUT2D eigenvalue weighted by molar-refractivity contribution is -0.166. The normalized spacial score (nSPS) is 15.1. The molecule has 0 aliphatic carbocycles. The number of nitrogens with one attached hydrogen (secondary N) is 1. The van der Waals surface area contributed by atoms with Gasteiger partial charge in [-0.3, -0.25) is 14.5 Å². The molecule has 1 amide bonds. The summed E-state index contributed by atoms with van der Waals surface area (Å²) in [6.45, 7) is 30.3. The van der Waals surface area contributed by atoms with Gasteiger partial charge in [-0.05, 0) is 114 Å². The second kappa shape index (κ2) is 18.3. The number of ether oxygens (including phenoxy) is 6.